The average molecular weight is 276 g/mol. The molecule has 0 saturated carbocycles. The van der Waals surface area contributed by atoms with Crippen molar-refractivity contribution in [2.75, 3.05) is 26.2 Å². The highest BCUT2D eigenvalue weighted by atomic mass is 16.5. The second kappa shape index (κ2) is 5.71. The first-order chi connectivity index (χ1) is 9.75. The maximum Gasteiger partial charge on any atom is 0.317 e. The number of urea groups is 1. The van der Waals surface area contributed by atoms with Crippen molar-refractivity contribution in [3.63, 3.8) is 0 Å². The fraction of sp³-hybridized carbons (Fsp3) is 0.533. The Morgan fingerprint density at radius 3 is 3.15 bits per heavy atom. The molecule has 1 heterocycles. The smallest absolute Gasteiger partial charge is 0.317 e. The summed E-state index contributed by atoms with van der Waals surface area (Å²) < 4.78 is 5.83. The van der Waals surface area contributed by atoms with Gasteiger partial charge in [0, 0.05) is 13.1 Å². The highest BCUT2D eigenvalue weighted by Gasteiger charge is 2.22. The van der Waals surface area contributed by atoms with Crippen LogP contribution in [0.3, 0.4) is 0 Å². The summed E-state index contributed by atoms with van der Waals surface area (Å²) in [6, 6.07) is 5.82. The molecule has 1 aliphatic carbocycles. The molecule has 0 radical (unpaired) electrons. The molecule has 1 aromatic rings. The molecule has 3 rings (SSSR count). The van der Waals surface area contributed by atoms with Crippen molar-refractivity contribution < 1.29 is 14.6 Å². The largest absolute Gasteiger partial charge is 0.491 e. The van der Waals surface area contributed by atoms with Gasteiger partial charge < -0.3 is 20.1 Å². The Bertz CT molecular complexity index is 504. The summed E-state index contributed by atoms with van der Waals surface area (Å²) in [5, 5.41) is 12.8. The van der Waals surface area contributed by atoms with Gasteiger partial charge in [-0.05, 0) is 36.5 Å². The van der Waals surface area contributed by atoms with Crippen LogP contribution in [0.4, 0.5) is 4.79 Å². The first-order valence-corrected chi connectivity index (χ1v) is 7.21. The van der Waals surface area contributed by atoms with E-state index in [4.69, 9.17) is 4.74 Å². The van der Waals surface area contributed by atoms with E-state index in [1.54, 1.807) is 4.90 Å². The molecule has 0 spiro atoms. The van der Waals surface area contributed by atoms with Gasteiger partial charge in [0.1, 0.15) is 12.4 Å². The lowest BCUT2D eigenvalue weighted by Gasteiger charge is -2.24. The van der Waals surface area contributed by atoms with Gasteiger partial charge in [0.15, 0.2) is 0 Å². The lowest BCUT2D eigenvalue weighted by atomic mass is 9.89. The van der Waals surface area contributed by atoms with Crippen molar-refractivity contribution in [2.24, 2.45) is 0 Å². The monoisotopic (exact) mass is 276 g/mol. The van der Waals surface area contributed by atoms with Crippen LogP contribution < -0.4 is 10.1 Å². The van der Waals surface area contributed by atoms with Gasteiger partial charge in [0.2, 0.25) is 0 Å². The first kappa shape index (κ1) is 13.2. The number of nitrogens with one attached hydrogen (secondary N) is 1. The summed E-state index contributed by atoms with van der Waals surface area (Å²) in [5.74, 6) is 0.848. The number of amides is 2. The molecule has 2 N–H and O–H groups in total. The maximum atomic E-state index is 11.4. The second-order valence-electron chi connectivity index (χ2n) is 5.30. The standard InChI is InChI=1S/C15H20N2O3/c18-13-5-1-4-12-11(13)3-2-6-14(12)20-10-9-17-8-7-16-15(17)19/h2-3,6,13,18H,1,4-5,7-10H2,(H,16,19). The number of benzene rings is 1. The van der Waals surface area contributed by atoms with Gasteiger partial charge in [0.25, 0.3) is 0 Å². The Labute approximate surface area is 118 Å². The van der Waals surface area contributed by atoms with Crippen LogP contribution in [0.5, 0.6) is 5.75 Å². The number of nitrogens with zero attached hydrogens (tertiary/aromatic N) is 1. The van der Waals surface area contributed by atoms with E-state index in [0.29, 0.717) is 19.7 Å². The molecule has 1 unspecified atom stereocenters. The van der Waals surface area contributed by atoms with Crippen molar-refractivity contribution in [1.29, 1.82) is 0 Å². The van der Waals surface area contributed by atoms with Gasteiger partial charge >= 0.3 is 6.03 Å². The third kappa shape index (κ3) is 2.58. The fourth-order valence-electron chi connectivity index (χ4n) is 2.92. The van der Waals surface area contributed by atoms with Crippen LogP contribution in [-0.2, 0) is 6.42 Å². The van der Waals surface area contributed by atoms with Crippen molar-refractivity contribution in [3.8, 4) is 5.75 Å². The molecular weight excluding hydrogens is 256 g/mol. The van der Waals surface area contributed by atoms with Crippen LogP contribution in [-0.4, -0.2) is 42.3 Å². The molecular formula is C15H20N2O3. The normalized spacial score (nSPS) is 21.6. The van der Waals surface area contributed by atoms with Crippen molar-refractivity contribution in [1.82, 2.24) is 10.2 Å². The summed E-state index contributed by atoms with van der Waals surface area (Å²) in [6.07, 6.45) is 2.40. The molecule has 1 aliphatic heterocycles. The molecule has 0 aromatic heterocycles. The zero-order valence-corrected chi connectivity index (χ0v) is 11.5. The first-order valence-electron chi connectivity index (χ1n) is 7.21. The van der Waals surface area contributed by atoms with Gasteiger partial charge in [-0.3, -0.25) is 0 Å². The van der Waals surface area contributed by atoms with E-state index in [1.165, 1.54) is 0 Å². The van der Waals surface area contributed by atoms with Crippen molar-refractivity contribution >= 4 is 6.03 Å². The van der Waals surface area contributed by atoms with E-state index in [-0.39, 0.29) is 12.1 Å². The van der Waals surface area contributed by atoms with E-state index in [2.05, 4.69) is 5.32 Å². The Balaban J connectivity index is 1.63. The number of hydrogen-bond acceptors (Lipinski definition) is 3. The molecule has 5 heteroatoms. The predicted molar refractivity (Wildman–Crippen MR) is 74.8 cm³/mol. The predicted octanol–water partition coefficient (Wildman–Crippen LogP) is 1.46. The zero-order chi connectivity index (χ0) is 13.9. The van der Waals surface area contributed by atoms with Crippen LogP contribution in [0, 0.1) is 0 Å². The average Bonchev–Trinajstić information content (AvgIpc) is 2.86. The minimum absolute atomic E-state index is 0.0147. The molecule has 1 atom stereocenters. The Hall–Kier alpha value is -1.75. The summed E-state index contributed by atoms with van der Waals surface area (Å²) in [6.45, 7) is 2.54. The van der Waals surface area contributed by atoms with Gasteiger partial charge in [-0.25, -0.2) is 4.79 Å². The SMILES string of the molecule is O=C1NCCN1CCOc1cccc2c1CCCC2O. The number of aliphatic hydroxyl groups excluding tert-OH is 1. The number of hydrogen-bond donors (Lipinski definition) is 2. The van der Waals surface area contributed by atoms with Crippen molar-refractivity contribution in [3.05, 3.63) is 29.3 Å². The third-order valence-electron chi connectivity index (χ3n) is 4.00. The lowest BCUT2D eigenvalue weighted by molar-refractivity contribution is 0.154. The summed E-state index contributed by atoms with van der Waals surface area (Å²) >= 11 is 0. The minimum atomic E-state index is -0.369. The molecule has 0 bridgehead atoms. The highest BCUT2D eigenvalue weighted by molar-refractivity contribution is 5.76. The summed E-state index contributed by atoms with van der Waals surface area (Å²) in [5.41, 5.74) is 2.12. The van der Waals surface area contributed by atoms with Crippen LogP contribution in [0.2, 0.25) is 0 Å². The van der Waals surface area contributed by atoms with E-state index >= 15 is 0 Å². The fourth-order valence-corrected chi connectivity index (χ4v) is 2.92. The lowest BCUT2D eigenvalue weighted by Crippen LogP contribution is -2.32. The highest BCUT2D eigenvalue weighted by Crippen LogP contribution is 2.35. The second-order valence-corrected chi connectivity index (χ2v) is 5.30. The molecule has 2 aliphatic rings. The van der Waals surface area contributed by atoms with E-state index in [1.807, 2.05) is 18.2 Å². The van der Waals surface area contributed by atoms with E-state index in [9.17, 15) is 9.90 Å². The van der Waals surface area contributed by atoms with Crippen LogP contribution in [0.1, 0.15) is 30.1 Å². The number of rotatable bonds is 4. The van der Waals surface area contributed by atoms with Crippen LogP contribution in [0.25, 0.3) is 0 Å². The van der Waals surface area contributed by atoms with Gasteiger partial charge in [-0.15, -0.1) is 0 Å². The Morgan fingerprint density at radius 2 is 2.35 bits per heavy atom. The molecule has 2 amide bonds. The van der Waals surface area contributed by atoms with Gasteiger partial charge in [-0.1, -0.05) is 12.1 Å². The zero-order valence-electron chi connectivity index (χ0n) is 11.5. The van der Waals surface area contributed by atoms with Crippen LogP contribution >= 0.6 is 0 Å². The van der Waals surface area contributed by atoms with E-state index < -0.39 is 0 Å². The molecule has 1 saturated heterocycles. The molecule has 1 fully saturated rings. The molecule has 5 nitrogen and oxygen atoms in total. The molecule has 1 aromatic carbocycles. The maximum absolute atomic E-state index is 11.4. The summed E-state index contributed by atoms with van der Waals surface area (Å²) in [4.78, 5) is 13.2. The number of carbonyl (C=O) groups excluding carboxylic acids is 1. The Kier molecular flexibility index (Phi) is 3.78. The van der Waals surface area contributed by atoms with Crippen molar-refractivity contribution in [2.45, 2.75) is 25.4 Å². The minimum Gasteiger partial charge on any atom is -0.491 e. The van der Waals surface area contributed by atoms with Gasteiger partial charge in [-0.2, -0.15) is 0 Å². The third-order valence-corrected chi connectivity index (χ3v) is 4.00. The number of aliphatic hydroxyl groups is 1. The summed E-state index contributed by atoms with van der Waals surface area (Å²) in [7, 11) is 0. The molecule has 108 valence electrons. The Morgan fingerprint density at radius 1 is 1.45 bits per heavy atom. The van der Waals surface area contributed by atoms with Gasteiger partial charge in [0.05, 0.1) is 12.6 Å². The van der Waals surface area contributed by atoms with Crippen LogP contribution in [0.15, 0.2) is 18.2 Å². The number of carbonyl (C=O) groups is 1. The topological polar surface area (TPSA) is 61.8 Å². The molecule has 20 heavy (non-hydrogen) atoms. The quantitative estimate of drug-likeness (QED) is 0.875. The number of ether oxygens (including phenoxy) is 1. The van der Waals surface area contributed by atoms with E-state index in [0.717, 1.165) is 42.7 Å². The number of fused-ring (bicyclic) bond motifs is 1.